The summed E-state index contributed by atoms with van der Waals surface area (Å²) < 4.78 is 8.85. The number of carbonyl (C=O) groups excluding carboxylic acids is 1. The van der Waals surface area contributed by atoms with Crippen molar-refractivity contribution < 1.29 is 9.53 Å². The lowest BCUT2D eigenvalue weighted by molar-refractivity contribution is -0.142. The minimum Gasteiger partial charge on any atom is -0.461 e. The van der Waals surface area contributed by atoms with E-state index in [1.54, 1.807) is 12.4 Å². The van der Waals surface area contributed by atoms with E-state index in [1.807, 2.05) is 59.3 Å². The Kier molecular flexibility index (Phi) is 6.74. The molecule has 0 amide bonds. The van der Waals surface area contributed by atoms with Gasteiger partial charge in [0.2, 0.25) is 0 Å². The molecule has 0 saturated heterocycles. The van der Waals surface area contributed by atoms with Crippen molar-refractivity contribution in [2.75, 3.05) is 5.32 Å². The number of hydrogen-bond acceptors (Lipinski definition) is 6. The second kappa shape index (κ2) is 9.93. The summed E-state index contributed by atoms with van der Waals surface area (Å²) in [6, 6.07) is 13.6. The van der Waals surface area contributed by atoms with Gasteiger partial charge in [0.05, 0.1) is 23.0 Å². The fraction of sp³-hybridized carbons (Fsp3) is 0.312. The van der Waals surface area contributed by atoms with Crippen LogP contribution in [-0.4, -0.2) is 30.7 Å². The van der Waals surface area contributed by atoms with Crippen LogP contribution in [0.3, 0.4) is 0 Å². The highest BCUT2D eigenvalue weighted by Gasteiger charge is 2.20. The smallest absolute Gasteiger partial charge is 0.302 e. The van der Waals surface area contributed by atoms with Gasteiger partial charge in [0.15, 0.2) is 5.65 Å². The van der Waals surface area contributed by atoms with Gasteiger partial charge in [-0.25, -0.2) is 4.98 Å². The summed E-state index contributed by atoms with van der Waals surface area (Å²) in [6.07, 6.45) is 7.35. The number of nitrogens with one attached hydrogen (secondary N) is 1. The van der Waals surface area contributed by atoms with E-state index in [2.05, 4.69) is 56.9 Å². The van der Waals surface area contributed by atoms with Crippen LogP contribution in [0.5, 0.6) is 0 Å². The average Bonchev–Trinajstić information content (AvgIpc) is 3.35. The number of aromatic nitrogens is 4. The number of carbonyl (C=O) groups is 1. The summed E-state index contributed by atoms with van der Waals surface area (Å²) in [6.45, 7) is 14.0. The van der Waals surface area contributed by atoms with Crippen molar-refractivity contribution in [2.45, 2.75) is 66.0 Å². The topological polar surface area (TPSA) is 90.5 Å². The van der Waals surface area contributed by atoms with E-state index in [0.29, 0.717) is 16.6 Å². The number of ether oxygens (including phenoxy) is 1. The standard InChI is InChI=1S/C32H35N5O3/c1-20(38)40-19-26-24(22-16-27(35-32(5,6)7)29-33-13-14-36(29)18-22)9-8-10-28(26)37-30(39)25-12-11-23(31(2,3)4)15-21(25)17-34-37/h8-18,35H,19H2,1-7H3. The number of pyridine rings is 1. The van der Waals surface area contributed by atoms with Crippen LogP contribution in [0, 0.1) is 0 Å². The van der Waals surface area contributed by atoms with Crippen LogP contribution in [0.25, 0.3) is 33.2 Å². The van der Waals surface area contributed by atoms with E-state index in [9.17, 15) is 9.59 Å². The van der Waals surface area contributed by atoms with E-state index in [-0.39, 0.29) is 23.1 Å². The molecule has 1 N–H and O–H groups in total. The lowest BCUT2D eigenvalue weighted by Crippen LogP contribution is -2.26. The predicted molar refractivity (Wildman–Crippen MR) is 159 cm³/mol. The second-order valence-electron chi connectivity index (χ2n) is 12.2. The molecule has 0 radical (unpaired) electrons. The Labute approximate surface area is 233 Å². The molecule has 0 spiro atoms. The molecule has 8 nitrogen and oxygen atoms in total. The van der Waals surface area contributed by atoms with Gasteiger partial charge in [-0.2, -0.15) is 9.78 Å². The molecule has 40 heavy (non-hydrogen) atoms. The SMILES string of the molecule is CC(=O)OCc1c(-c2cc(NC(C)(C)C)c3nccn3c2)cccc1-n1ncc2cc(C(C)(C)C)ccc2c1=O. The molecule has 0 atom stereocenters. The fourth-order valence-electron chi connectivity index (χ4n) is 4.83. The molecular formula is C32H35N5O3. The normalized spacial score (nSPS) is 12.2. The lowest BCUT2D eigenvalue weighted by atomic mass is 9.86. The molecule has 206 valence electrons. The number of hydrogen-bond donors (Lipinski definition) is 1. The van der Waals surface area contributed by atoms with Gasteiger partial charge in [-0.3, -0.25) is 9.59 Å². The molecular weight excluding hydrogens is 502 g/mol. The summed E-state index contributed by atoms with van der Waals surface area (Å²) in [5.41, 5.74) is 5.26. The van der Waals surface area contributed by atoms with E-state index < -0.39 is 5.97 Å². The Morgan fingerprint density at radius 2 is 1.82 bits per heavy atom. The minimum absolute atomic E-state index is 0.0139. The third kappa shape index (κ3) is 5.34. The Balaban J connectivity index is 1.71. The van der Waals surface area contributed by atoms with Crippen molar-refractivity contribution in [1.82, 2.24) is 19.2 Å². The quantitative estimate of drug-likeness (QED) is 0.266. The van der Waals surface area contributed by atoms with Crippen molar-refractivity contribution in [3.05, 3.63) is 88.7 Å². The number of fused-ring (bicyclic) bond motifs is 2. The molecule has 5 aromatic rings. The molecule has 8 heteroatoms. The molecule has 0 aliphatic rings. The van der Waals surface area contributed by atoms with Gasteiger partial charge in [0.1, 0.15) is 6.61 Å². The van der Waals surface area contributed by atoms with Gasteiger partial charge in [0.25, 0.3) is 5.56 Å². The lowest BCUT2D eigenvalue weighted by Gasteiger charge is -2.23. The van der Waals surface area contributed by atoms with Gasteiger partial charge in [-0.15, -0.1) is 0 Å². The number of anilines is 1. The first kappa shape index (κ1) is 27.1. The third-order valence-corrected chi connectivity index (χ3v) is 6.76. The molecule has 3 heterocycles. The summed E-state index contributed by atoms with van der Waals surface area (Å²) in [4.78, 5) is 30.2. The Morgan fingerprint density at radius 1 is 1.05 bits per heavy atom. The van der Waals surface area contributed by atoms with Gasteiger partial charge in [0, 0.05) is 47.6 Å². The minimum atomic E-state index is -0.408. The summed E-state index contributed by atoms with van der Waals surface area (Å²) in [7, 11) is 0. The van der Waals surface area contributed by atoms with Gasteiger partial charge < -0.3 is 14.5 Å². The molecule has 0 saturated carbocycles. The van der Waals surface area contributed by atoms with Crippen LogP contribution in [0.4, 0.5) is 5.69 Å². The second-order valence-corrected chi connectivity index (χ2v) is 12.2. The van der Waals surface area contributed by atoms with Crippen molar-refractivity contribution in [2.24, 2.45) is 0 Å². The molecule has 5 rings (SSSR count). The number of imidazole rings is 1. The zero-order valence-corrected chi connectivity index (χ0v) is 24.1. The predicted octanol–water partition coefficient (Wildman–Crippen LogP) is 6.27. The molecule has 0 unspecified atom stereocenters. The molecule has 0 aliphatic carbocycles. The number of nitrogens with zero attached hydrogens (tertiary/aromatic N) is 4. The molecule has 2 aromatic carbocycles. The van der Waals surface area contributed by atoms with E-state index in [1.165, 1.54) is 11.6 Å². The van der Waals surface area contributed by atoms with Crippen LogP contribution in [0.2, 0.25) is 0 Å². The molecule has 0 fully saturated rings. The van der Waals surface area contributed by atoms with Crippen LogP contribution < -0.4 is 10.9 Å². The maximum Gasteiger partial charge on any atom is 0.302 e. The Bertz CT molecular complexity index is 1800. The van der Waals surface area contributed by atoms with Crippen LogP contribution in [0.1, 0.15) is 59.6 Å². The number of rotatable bonds is 5. The van der Waals surface area contributed by atoms with E-state index >= 15 is 0 Å². The van der Waals surface area contributed by atoms with Crippen molar-refractivity contribution in [1.29, 1.82) is 0 Å². The van der Waals surface area contributed by atoms with Crippen LogP contribution >= 0.6 is 0 Å². The maximum atomic E-state index is 13.7. The maximum absolute atomic E-state index is 13.7. The van der Waals surface area contributed by atoms with Gasteiger partial charge in [-0.1, -0.05) is 39.0 Å². The molecule has 0 bridgehead atoms. The first-order chi connectivity index (χ1) is 18.8. The van der Waals surface area contributed by atoms with Crippen molar-refractivity contribution >= 4 is 28.1 Å². The largest absolute Gasteiger partial charge is 0.461 e. The molecule has 0 aliphatic heterocycles. The summed E-state index contributed by atoms with van der Waals surface area (Å²) in [5, 5.41) is 9.47. The highest BCUT2D eigenvalue weighted by molar-refractivity contribution is 5.83. The summed E-state index contributed by atoms with van der Waals surface area (Å²) >= 11 is 0. The van der Waals surface area contributed by atoms with Crippen molar-refractivity contribution in [3.63, 3.8) is 0 Å². The van der Waals surface area contributed by atoms with Gasteiger partial charge in [-0.05, 0) is 61.6 Å². The van der Waals surface area contributed by atoms with Gasteiger partial charge >= 0.3 is 5.97 Å². The number of benzene rings is 2. The monoisotopic (exact) mass is 537 g/mol. The first-order valence-corrected chi connectivity index (χ1v) is 13.4. The molecule has 3 aromatic heterocycles. The highest BCUT2D eigenvalue weighted by Crippen LogP contribution is 2.33. The first-order valence-electron chi connectivity index (χ1n) is 13.4. The fourth-order valence-corrected chi connectivity index (χ4v) is 4.83. The number of esters is 1. The van der Waals surface area contributed by atoms with Crippen LogP contribution in [0.15, 0.2) is 72.0 Å². The third-order valence-electron chi connectivity index (χ3n) is 6.76. The van der Waals surface area contributed by atoms with E-state index in [4.69, 9.17) is 4.74 Å². The zero-order chi connectivity index (χ0) is 28.8. The van der Waals surface area contributed by atoms with E-state index in [0.717, 1.165) is 33.4 Å². The van der Waals surface area contributed by atoms with Crippen molar-refractivity contribution in [3.8, 4) is 16.8 Å². The zero-order valence-electron chi connectivity index (χ0n) is 24.1. The highest BCUT2D eigenvalue weighted by atomic mass is 16.5. The van der Waals surface area contributed by atoms with Crippen LogP contribution in [-0.2, 0) is 21.6 Å². The summed E-state index contributed by atoms with van der Waals surface area (Å²) in [5.74, 6) is -0.408. The Morgan fingerprint density at radius 3 is 2.52 bits per heavy atom. The average molecular weight is 538 g/mol. The Hall–Kier alpha value is -4.46.